The summed E-state index contributed by atoms with van der Waals surface area (Å²) in [6.45, 7) is 1.85. The first kappa shape index (κ1) is 14.8. The van der Waals surface area contributed by atoms with E-state index in [0.717, 1.165) is 5.56 Å². The Labute approximate surface area is 111 Å². The lowest BCUT2D eigenvalue weighted by Crippen LogP contribution is -2.42. The van der Waals surface area contributed by atoms with Crippen LogP contribution in [0.4, 0.5) is 4.79 Å². The number of hydrogen-bond acceptors (Lipinski definition) is 4. The normalized spacial score (nSPS) is 11.5. The molecule has 6 nitrogen and oxygen atoms in total. The minimum Gasteiger partial charge on any atom is -0.497 e. The number of hydrogen-bond donors (Lipinski definition) is 2. The number of alkyl carbamates (subject to hydrolysis) is 1. The second kappa shape index (κ2) is 7.25. The third kappa shape index (κ3) is 4.87. The van der Waals surface area contributed by atoms with Crippen LogP contribution in [0.3, 0.4) is 0 Å². The molecule has 0 saturated heterocycles. The number of carbonyl (C=O) groups excluding carboxylic acids is 1. The molecular weight excluding hydrogens is 250 g/mol. The molecule has 0 radical (unpaired) electrons. The van der Waals surface area contributed by atoms with Crippen LogP contribution < -0.4 is 10.1 Å². The van der Waals surface area contributed by atoms with Gasteiger partial charge in [-0.25, -0.2) is 9.59 Å². The molecule has 0 fully saturated rings. The molecule has 1 amide bonds. The number of carboxylic acids is 1. The fraction of sp³-hybridized carbons (Fsp3) is 0.385. The number of ether oxygens (including phenoxy) is 2. The van der Waals surface area contributed by atoms with Crippen LogP contribution in [0, 0.1) is 0 Å². The summed E-state index contributed by atoms with van der Waals surface area (Å²) in [4.78, 5) is 22.3. The molecule has 6 heteroatoms. The van der Waals surface area contributed by atoms with Crippen LogP contribution in [0.5, 0.6) is 5.75 Å². The summed E-state index contributed by atoms with van der Waals surface area (Å²) in [5.41, 5.74) is 0.782. The zero-order valence-electron chi connectivity index (χ0n) is 10.9. The molecule has 0 aromatic heterocycles. The number of amides is 1. The predicted molar refractivity (Wildman–Crippen MR) is 68.3 cm³/mol. The van der Waals surface area contributed by atoms with E-state index in [1.165, 1.54) is 0 Å². The van der Waals surface area contributed by atoms with Crippen LogP contribution in [0.1, 0.15) is 12.5 Å². The van der Waals surface area contributed by atoms with Crippen molar-refractivity contribution in [2.45, 2.75) is 19.4 Å². The Bertz CT molecular complexity index is 429. The highest BCUT2D eigenvalue weighted by Gasteiger charge is 2.20. The van der Waals surface area contributed by atoms with Crippen LogP contribution in [-0.4, -0.2) is 36.9 Å². The first-order valence-electron chi connectivity index (χ1n) is 5.85. The summed E-state index contributed by atoms with van der Waals surface area (Å²) in [6.07, 6.45) is -0.554. The Kier molecular flexibility index (Phi) is 5.66. The van der Waals surface area contributed by atoms with Gasteiger partial charge in [-0.15, -0.1) is 0 Å². The number of rotatable bonds is 6. The van der Waals surface area contributed by atoms with Gasteiger partial charge in [0.05, 0.1) is 13.7 Å². The van der Waals surface area contributed by atoms with Gasteiger partial charge in [-0.2, -0.15) is 0 Å². The Hall–Kier alpha value is -2.24. The van der Waals surface area contributed by atoms with Gasteiger partial charge in [0.2, 0.25) is 0 Å². The smallest absolute Gasteiger partial charge is 0.407 e. The van der Waals surface area contributed by atoms with Gasteiger partial charge in [-0.1, -0.05) is 12.1 Å². The maximum absolute atomic E-state index is 11.2. The Morgan fingerprint density at radius 3 is 2.42 bits per heavy atom. The van der Waals surface area contributed by atoms with Gasteiger partial charge in [0.25, 0.3) is 0 Å². The Balaban J connectivity index is 2.66. The summed E-state index contributed by atoms with van der Waals surface area (Å²) in [7, 11) is 1.55. The highest BCUT2D eigenvalue weighted by Crippen LogP contribution is 2.12. The van der Waals surface area contributed by atoms with E-state index in [0.29, 0.717) is 5.75 Å². The highest BCUT2D eigenvalue weighted by molar-refractivity contribution is 5.80. The largest absolute Gasteiger partial charge is 0.497 e. The van der Waals surface area contributed by atoms with Crippen LogP contribution in [0.15, 0.2) is 24.3 Å². The van der Waals surface area contributed by atoms with Crippen LogP contribution in [0.25, 0.3) is 0 Å². The van der Waals surface area contributed by atoms with Gasteiger partial charge in [0.15, 0.2) is 0 Å². The lowest BCUT2D eigenvalue weighted by atomic mass is 10.1. The quantitative estimate of drug-likeness (QED) is 0.814. The van der Waals surface area contributed by atoms with E-state index in [-0.39, 0.29) is 13.0 Å². The standard InChI is InChI=1S/C13H17NO5/c1-3-19-13(17)14-11(12(15)16)8-9-4-6-10(18-2)7-5-9/h4-7,11H,3,8H2,1-2H3,(H,14,17)(H,15,16). The van der Waals surface area contributed by atoms with E-state index in [9.17, 15) is 9.59 Å². The molecule has 1 rings (SSSR count). The summed E-state index contributed by atoms with van der Waals surface area (Å²) in [5, 5.41) is 11.4. The predicted octanol–water partition coefficient (Wildman–Crippen LogP) is 1.44. The molecule has 2 N–H and O–H groups in total. The van der Waals surface area contributed by atoms with Crippen molar-refractivity contribution in [1.29, 1.82) is 0 Å². The Morgan fingerprint density at radius 2 is 1.95 bits per heavy atom. The number of aliphatic carboxylic acids is 1. The average Bonchev–Trinajstić information content (AvgIpc) is 2.39. The summed E-state index contributed by atoms with van der Waals surface area (Å²) in [5.74, 6) is -0.419. The molecule has 0 saturated carbocycles. The second-order valence-electron chi connectivity index (χ2n) is 3.81. The van der Waals surface area contributed by atoms with Crippen LogP contribution >= 0.6 is 0 Å². The van der Waals surface area contributed by atoms with E-state index in [1.54, 1.807) is 38.3 Å². The minimum absolute atomic E-state index is 0.179. The molecule has 104 valence electrons. The highest BCUT2D eigenvalue weighted by atomic mass is 16.5. The number of benzene rings is 1. The molecule has 1 unspecified atom stereocenters. The van der Waals surface area contributed by atoms with Gasteiger partial charge >= 0.3 is 12.1 Å². The van der Waals surface area contributed by atoms with Crippen molar-refractivity contribution >= 4 is 12.1 Å². The molecule has 0 spiro atoms. The fourth-order valence-corrected chi connectivity index (χ4v) is 1.51. The zero-order valence-corrected chi connectivity index (χ0v) is 10.9. The van der Waals surface area contributed by atoms with Crippen LogP contribution in [0.2, 0.25) is 0 Å². The van der Waals surface area contributed by atoms with Crippen molar-refractivity contribution in [2.24, 2.45) is 0 Å². The molecule has 0 aliphatic heterocycles. The monoisotopic (exact) mass is 267 g/mol. The van der Waals surface area contributed by atoms with Gasteiger partial charge < -0.3 is 19.9 Å². The van der Waals surface area contributed by atoms with E-state index >= 15 is 0 Å². The minimum atomic E-state index is -1.11. The summed E-state index contributed by atoms with van der Waals surface area (Å²) in [6, 6.07) is 5.95. The van der Waals surface area contributed by atoms with E-state index in [2.05, 4.69) is 10.1 Å². The second-order valence-corrected chi connectivity index (χ2v) is 3.81. The number of nitrogens with one attached hydrogen (secondary N) is 1. The van der Waals surface area contributed by atoms with E-state index in [1.807, 2.05) is 0 Å². The van der Waals surface area contributed by atoms with E-state index in [4.69, 9.17) is 9.84 Å². The third-order valence-corrected chi connectivity index (χ3v) is 2.46. The number of carboxylic acid groups (broad SMARTS) is 1. The van der Waals surface area contributed by atoms with Gasteiger partial charge in [0.1, 0.15) is 11.8 Å². The molecule has 0 aliphatic carbocycles. The summed E-state index contributed by atoms with van der Waals surface area (Å²) >= 11 is 0. The average molecular weight is 267 g/mol. The molecule has 19 heavy (non-hydrogen) atoms. The Morgan fingerprint density at radius 1 is 1.32 bits per heavy atom. The summed E-state index contributed by atoms with van der Waals surface area (Å²) < 4.78 is 9.68. The lowest BCUT2D eigenvalue weighted by Gasteiger charge is -2.14. The SMILES string of the molecule is CCOC(=O)NC(Cc1ccc(OC)cc1)C(=O)O. The van der Waals surface area contributed by atoms with Gasteiger partial charge in [-0.3, -0.25) is 0 Å². The van der Waals surface area contributed by atoms with Crippen molar-refractivity contribution < 1.29 is 24.2 Å². The van der Waals surface area contributed by atoms with Crippen molar-refractivity contribution in [1.82, 2.24) is 5.32 Å². The molecule has 1 aromatic rings. The molecule has 0 bridgehead atoms. The number of methoxy groups -OCH3 is 1. The third-order valence-electron chi connectivity index (χ3n) is 2.46. The maximum atomic E-state index is 11.2. The van der Waals surface area contributed by atoms with Crippen molar-refractivity contribution in [3.8, 4) is 5.75 Å². The maximum Gasteiger partial charge on any atom is 0.407 e. The van der Waals surface area contributed by atoms with Crippen molar-refractivity contribution in [2.75, 3.05) is 13.7 Å². The van der Waals surface area contributed by atoms with Crippen molar-refractivity contribution in [3.63, 3.8) is 0 Å². The fourth-order valence-electron chi connectivity index (χ4n) is 1.51. The van der Waals surface area contributed by atoms with Crippen LogP contribution in [-0.2, 0) is 16.0 Å². The van der Waals surface area contributed by atoms with E-state index < -0.39 is 18.1 Å². The molecule has 0 aliphatic rings. The first-order valence-corrected chi connectivity index (χ1v) is 5.85. The van der Waals surface area contributed by atoms with Gasteiger partial charge in [-0.05, 0) is 24.6 Å². The van der Waals surface area contributed by atoms with Gasteiger partial charge in [0, 0.05) is 6.42 Å². The number of carbonyl (C=O) groups is 2. The topological polar surface area (TPSA) is 84.9 Å². The lowest BCUT2D eigenvalue weighted by molar-refractivity contribution is -0.139. The molecule has 0 heterocycles. The zero-order chi connectivity index (χ0) is 14.3. The molecule has 1 atom stereocenters. The molecular formula is C13H17NO5. The first-order chi connectivity index (χ1) is 9.06. The molecule has 1 aromatic carbocycles. The van der Waals surface area contributed by atoms with Crippen molar-refractivity contribution in [3.05, 3.63) is 29.8 Å².